The van der Waals surface area contributed by atoms with Gasteiger partial charge in [0, 0.05) is 12.5 Å². The van der Waals surface area contributed by atoms with E-state index in [0.29, 0.717) is 5.92 Å². The molecule has 0 amide bonds. The van der Waals surface area contributed by atoms with E-state index in [9.17, 15) is 0 Å². The number of furan rings is 1. The second-order valence-electron chi connectivity index (χ2n) is 5.08. The van der Waals surface area contributed by atoms with E-state index in [1.54, 1.807) is 17.6 Å². The molecule has 0 spiro atoms. The van der Waals surface area contributed by atoms with Crippen molar-refractivity contribution in [2.24, 2.45) is 0 Å². The van der Waals surface area contributed by atoms with Crippen molar-refractivity contribution in [3.8, 4) is 0 Å². The van der Waals surface area contributed by atoms with E-state index < -0.39 is 0 Å². The Morgan fingerprint density at radius 2 is 1.95 bits per heavy atom. The minimum Gasteiger partial charge on any atom is -0.469 e. The Hall–Kier alpha value is -1.84. The average molecular weight is 297 g/mol. The fourth-order valence-electron chi connectivity index (χ4n) is 2.52. The van der Waals surface area contributed by atoms with Crippen LogP contribution in [0.2, 0.25) is 0 Å². The molecule has 0 saturated heterocycles. The van der Waals surface area contributed by atoms with E-state index >= 15 is 0 Å². The molecule has 3 heteroatoms. The molecular formula is C18H19NOS. The maximum absolute atomic E-state index is 5.63. The zero-order chi connectivity index (χ0) is 14.3. The number of benzene rings is 1. The summed E-state index contributed by atoms with van der Waals surface area (Å²) < 4.78 is 5.63. The van der Waals surface area contributed by atoms with Crippen LogP contribution in [0.3, 0.4) is 0 Å². The van der Waals surface area contributed by atoms with Crippen molar-refractivity contribution < 1.29 is 4.42 Å². The Morgan fingerprint density at radius 1 is 1.05 bits per heavy atom. The van der Waals surface area contributed by atoms with Crippen LogP contribution in [0.25, 0.3) is 0 Å². The fraction of sp³-hybridized carbons (Fsp3) is 0.222. The average Bonchev–Trinajstić information content (AvgIpc) is 3.21. The minimum atomic E-state index is 0.316. The summed E-state index contributed by atoms with van der Waals surface area (Å²) in [6.07, 6.45) is 2.78. The van der Waals surface area contributed by atoms with Crippen molar-refractivity contribution in [2.45, 2.75) is 18.9 Å². The molecule has 1 aromatic carbocycles. The molecule has 2 aromatic heterocycles. The van der Waals surface area contributed by atoms with Gasteiger partial charge in [-0.3, -0.25) is 0 Å². The third-order valence-electron chi connectivity index (χ3n) is 3.61. The van der Waals surface area contributed by atoms with Gasteiger partial charge in [-0.15, -0.1) is 0 Å². The van der Waals surface area contributed by atoms with Crippen molar-refractivity contribution >= 4 is 11.3 Å². The molecule has 0 radical (unpaired) electrons. The highest BCUT2D eigenvalue weighted by atomic mass is 32.1. The first-order chi connectivity index (χ1) is 10.4. The standard InChI is InChI=1S/C18H19NOS/c1-2-5-16(6-3-1)17(18-7-4-11-20-18)8-10-19-13-15-9-12-21-14-15/h1-7,9,11-12,14,17,19H,8,10,13H2. The van der Waals surface area contributed by atoms with Gasteiger partial charge in [-0.05, 0) is 53.1 Å². The monoisotopic (exact) mass is 297 g/mol. The summed E-state index contributed by atoms with van der Waals surface area (Å²) >= 11 is 1.74. The van der Waals surface area contributed by atoms with Gasteiger partial charge in [0.2, 0.25) is 0 Å². The molecule has 2 heterocycles. The summed E-state index contributed by atoms with van der Waals surface area (Å²) in [6.45, 7) is 1.90. The van der Waals surface area contributed by atoms with Gasteiger partial charge < -0.3 is 9.73 Å². The molecule has 2 nitrogen and oxygen atoms in total. The largest absolute Gasteiger partial charge is 0.469 e. The van der Waals surface area contributed by atoms with Crippen LogP contribution >= 0.6 is 11.3 Å². The molecule has 0 saturated carbocycles. The Morgan fingerprint density at radius 3 is 2.67 bits per heavy atom. The molecule has 0 aliphatic rings. The fourth-order valence-corrected chi connectivity index (χ4v) is 3.19. The van der Waals surface area contributed by atoms with E-state index in [4.69, 9.17) is 4.42 Å². The van der Waals surface area contributed by atoms with Crippen LogP contribution in [0.1, 0.15) is 29.2 Å². The lowest BCUT2D eigenvalue weighted by Crippen LogP contribution is -2.17. The Labute approximate surface area is 129 Å². The molecule has 108 valence electrons. The number of thiophene rings is 1. The van der Waals surface area contributed by atoms with Crippen LogP contribution in [0.15, 0.2) is 70.0 Å². The summed E-state index contributed by atoms with van der Waals surface area (Å²) in [6, 6.07) is 16.8. The van der Waals surface area contributed by atoms with E-state index in [-0.39, 0.29) is 0 Å². The third-order valence-corrected chi connectivity index (χ3v) is 4.34. The summed E-state index contributed by atoms with van der Waals surface area (Å²) in [4.78, 5) is 0. The second kappa shape index (κ2) is 7.25. The van der Waals surface area contributed by atoms with E-state index in [0.717, 1.165) is 25.3 Å². The van der Waals surface area contributed by atoms with Crippen LogP contribution < -0.4 is 5.32 Å². The predicted octanol–water partition coefficient (Wildman–Crippen LogP) is 4.65. The summed E-state index contributed by atoms with van der Waals surface area (Å²) in [5.41, 5.74) is 2.67. The zero-order valence-corrected chi connectivity index (χ0v) is 12.7. The molecule has 21 heavy (non-hydrogen) atoms. The molecule has 1 atom stereocenters. The molecular weight excluding hydrogens is 278 g/mol. The maximum Gasteiger partial charge on any atom is 0.111 e. The Kier molecular flexibility index (Phi) is 4.87. The molecule has 0 aliphatic heterocycles. The smallest absolute Gasteiger partial charge is 0.111 e. The van der Waals surface area contributed by atoms with Gasteiger partial charge in [-0.25, -0.2) is 0 Å². The number of hydrogen-bond acceptors (Lipinski definition) is 3. The molecule has 0 bridgehead atoms. The highest BCUT2D eigenvalue weighted by molar-refractivity contribution is 7.07. The Balaban J connectivity index is 1.61. The lowest BCUT2D eigenvalue weighted by Gasteiger charge is -2.15. The third kappa shape index (κ3) is 3.84. The number of rotatable bonds is 7. The summed E-state index contributed by atoms with van der Waals surface area (Å²) in [7, 11) is 0. The lowest BCUT2D eigenvalue weighted by molar-refractivity contribution is 0.466. The predicted molar refractivity (Wildman–Crippen MR) is 87.6 cm³/mol. The van der Waals surface area contributed by atoms with Gasteiger partial charge in [-0.2, -0.15) is 11.3 Å². The second-order valence-corrected chi connectivity index (χ2v) is 5.86. The topological polar surface area (TPSA) is 25.2 Å². The van der Waals surface area contributed by atoms with Crippen LogP contribution in [-0.2, 0) is 6.54 Å². The molecule has 3 rings (SSSR count). The van der Waals surface area contributed by atoms with Crippen molar-refractivity contribution in [3.63, 3.8) is 0 Å². The Bertz CT molecular complexity index is 617. The van der Waals surface area contributed by atoms with Crippen molar-refractivity contribution in [2.75, 3.05) is 6.54 Å². The van der Waals surface area contributed by atoms with Crippen LogP contribution in [0.4, 0.5) is 0 Å². The van der Waals surface area contributed by atoms with E-state index in [1.165, 1.54) is 11.1 Å². The van der Waals surface area contributed by atoms with Crippen LogP contribution in [-0.4, -0.2) is 6.54 Å². The highest BCUT2D eigenvalue weighted by Crippen LogP contribution is 2.27. The van der Waals surface area contributed by atoms with Gasteiger partial charge in [0.25, 0.3) is 0 Å². The first-order valence-electron chi connectivity index (χ1n) is 7.23. The molecule has 1 unspecified atom stereocenters. The van der Waals surface area contributed by atoms with Gasteiger partial charge in [-0.1, -0.05) is 30.3 Å². The van der Waals surface area contributed by atoms with Gasteiger partial charge in [0.05, 0.1) is 6.26 Å². The van der Waals surface area contributed by atoms with Gasteiger partial charge in [0.15, 0.2) is 0 Å². The first-order valence-corrected chi connectivity index (χ1v) is 8.18. The minimum absolute atomic E-state index is 0.316. The molecule has 0 fully saturated rings. The van der Waals surface area contributed by atoms with Gasteiger partial charge >= 0.3 is 0 Å². The van der Waals surface area contributed by atoms with E-state index in [2.05, 4.69) is 58.5 Å². The molecule has 3 aromatic rings. The SMILES string of the molecule is c1ccc(C(CCNCc2ccsc2)c2ccco2)cc1. The van der Waals surface area contributed by atoms with E-state index in [1.807, 2.05) is 6.07 Å². The summed E-state index contributed by atoms with van der Waals surface area (Å²) in [5.74, 6) is 1.36. The molecule has 0 aliphatic carbocycles. The van der Waals surface area contributed by atoms with Crippen molar-refractivity contribution in [1.82, 2.24) is 5.32 Å². The van der Waals surface area contributed by atoms with Crippen LogP contribution in [0.5, 0.6) is 0 Å². The van der Waals surface area contributed by atoms with Crippen LogP contribution in [0, 0.1) is 0 Å². The highest BCUT2D eigenvalue weighted by Gasteiger charge is 2.16. The summed E-state index contributed by atoms with van der Waals surface area (Å²) in [5, 5.41) is 7.82. The lowest BCUT2D eigenvalue weighted by atomic mass is 9.93. The molecule has 1 N–H and O–H groups in total. The first kappa shape index (κ1) is 14.1. The quantitative estimate of drug-likeness (QED) is 0.642. The van der Waals surface area contributed by atoms with Crippen molar-refractivity contribution in [1.29, 1.82) is 0 Å². The number of hydrogen-bond donors (Lipinski definition) is 1. The maximum atomic E-state index is 5.63. The van der Waals surface area contributed by atoms with Gasteiger partial charge in [0.1, 0.15) is 5.76 Å². The van der Waals surface area contributed by atoms with Crippen molar-refractivity contribution in [3.05, 3.63) is 82.4 Å². The zero-order valence-electron chi connectivity index (χ0n) is 11.9. The normalized spacial score (nSPS) is 12.4. The number of nitrogens with one attached hydrogen (secondary N) is 1.